The van der Waals surface area contributed by atoms with E-state index in [9.17, 15) is 5.11 Å². The first-order valence-electron chi connectivity index (χ1n) is 6.50. The smallest absolute Gasteiger partial charge is 0.219 e. The first-order valence-corrected chi connectivity index (χ1v) is 6.50. The molecule has 1 aromatic heterocycles. The van der Waals surface area contributed by atoms with Crippen LogP contribution in [-0.2, 0) is 6.61 Å². The van der Waals surface area contributed by atoms with Crippen molar-refractivity contribution in [3.8, 4) is 11.6 Å². The molecule has 0 spiro atoms. The van der Waals surface area contributed by atoms with Crippen LogP contribution < -0.4 is 4.74 Å². The number of fused-ring (bicyclic) bond motifs is 1. The molecule has 0 saturated heterocycles. The standard InChI is InChI=1S/C17H15NO2/c1-12-8-13(11-19)9-17(18-12)20-16-7-6-14-4-2-3-5-15(14)10-16/h2-10,19H,11H2,1H3. The normalized spacial score (nSPS) is 10.7. The van der Waals surface area contributed by atoms with Gasteiger partial charge in [0.2, 0.25) is 5.88 Å². The summed E-state index contributed by atoms with van der Waals surface area (Å²) in [5, 5.41) is 11.5. The van der Waals surface area contributed by atoms with E-state index >= 15 is 0 Å². The quantitative estimate of drug-likeness (QED) is 0.782. The second-order valence-electron chi connectivity index (χ2n) is 4.72. The van der Waals surface area contributed by atoms with Crippen LogP contribution in [0.25, 0.3) is 10.8 Å². The van der Waals surface area contributed by atoms with E-state index in [0.717, 1.165) is 22.4 Å². The zero-order chi connectivity index (χ0) is 13.9. The number of hydrogen-bond acceptors (Lipinski definition) is 3. The summed E-state index contributed by atoms with van der Waals surface area (Å²) < 4.78 is 5.79. The molecule has 0 fully saturated rings. The fourth-order valence-corrected chi connectivity index (χ4v) is 2.20. The van der Waals surface area contributed by atoms with Crippen molar-refractivity contribution < 1.29 is 9.84 Å². The predicted octanol–water partition coefficient (Wildman–Crippen LogP) is 3.83. The fraction of sp³-hybridized carbons (Fsp3) is 0.118. The van der Waals surface area contributed by atoms with E-state index in [-0.39, 0.29) is 6.61 Å². The number of benzene rings is 2. The van der Waals surface area contributed by atoms with Gasteiger partial charge in [-0.2, -0.15) is 0 Å². The third-order valence-electron chi connectivity index (χ3n) is 3.12. The maximum absolute atomic E-state index is 9.21. The Labute approximate surface area is 117 Å². The number of aliphatic hydroxyl groups is 1. The summed E-state index contributed by atoms with van der Waals surface area (Å²) >= 11 is 0. The van der Waals surface area contributed by atoms with Crippen molar-refractivity contribution in [1.82, 2.24) is 4.98 Å². The number of aromatic nitrogens is 1. The van der Waals surface area contributed by atoms with Gasteiger partial charge < -0.3 is 9.84 Å². The van der Waals surface area contributed by atoms with Crippen molar-refractivity contribution in [2.45, 2.75) is 13.5 Å². The molecule has 3 nitrogen and oxygen atoms in total. The van der Waals surface area contributed by atoms with E-state index < -0.39 is 0 Å². The molecule has 0 unspecified atom stereocenters. The van der Waals surface area contributed by atoms with E-state index in [4.69, 9.17) is 4.74 Å². The van der Waals surface area contributed by atoms with Crippen LogP contribution in [0.15, 0.2) is 54.6 Å². The summed E-state index contributed by atoms with van der Waals surface area (Å²) in [4.78, 5) is 4.32. The first kappa shape index (κ1) is 12.6. The van der Waals surface area contributed by atoms with E-state index in [1.165, 1.54) is 5.39 Å². The molecule has 100 valence electrons. The second-order valence-corrected chi connectivity index (χ2v) is 4.72. The van der Waals surface area contributed by atoms with Crippen molar-refractivity contribution in [2.75, 3.05) is 0 Å². The lowest BCUT2D eigenvalue weighted by molar-refractivity contribution is 0.281. The number of nitrogens with zero attached hydrogens (tertiary/aromatic N) is 1. The molecule has 3 aromatic rings. The summed E-state index contributed by atoms with van der Waals surface area (Å²) in [5.41, 5.74) is 1.63. The number of pyridine rings is 1. The monoisotopic (exact) mass is 265 g/mol. The Hall–Kier alpha value is -2.39. The summed E-state index contributed by atoms with van der Waals surface area (Å²) in [5.74, 6) is 1.25. The van der Waals surface area contributed by atoms with Gasteiger partial charge in [0.25, 0.3) is 0 Å². The van der Waals surface area contributed by atoms with E-state index in [1.807, 2.05) is 49.4 Å². The third-order valence-corrected chi connectivity index (χ3v) is 3.12. The van der Waals surface area contributed by atoms with Gasteiger partial charge in [-0.1, -0.05) is 30.3 Å². The van der Waals surface area contributed by atoms with E-state index in [1.54, 1.807) is 6.07 Å². The summed E-state index contributed by atoms with van der Waals surface area (Å²) in [7, 11) is 0. The average Bonchev–Trinajstić information content (AvgIpc) is 2.46. The molecule has 0 radical (unpaired) electrons. The summed E-state index contributed by atoms with van der Waals surface area (Å²) in [6.07, 6.45) is 0. The maximum atomic E-state index is 9.21. The number of aliphatic hydroxyl groups excluding tert-OH is 1. The Kier molecular flexibility index (Phi) is 3.35. The molecule has 2 aromatic carbocycles. The van der Waals surface area contributed by atoms with Gasteiger partial charge in [0.05, 0.1) is 6.61 Å². The Bertz CT molecular complexity index is 753. The van der Waals surface area contributed by atoms with E-state index in [0.29, 0.717) is 5.88 Å². The summed E-state index contributed by atoms with van der Waals surface area (Å²) in [6.45, 7) is 1.86. The van der Waals surface area contributed by atoms with Crippen LogP contribution in [0, 0.1) is 6.92 Å². The number of aryl methyl sites for hydroxylation is 1. The van der Waals surface area contributed by atoms with Gasteiger partial charge in [0.15, 0.2) is 0 Å². The molecule has 0 aliphatic heterocycles. The lowest BCUT2D eigenvalue weighted by atomic mass is 10.1. The molecule has 0 aliphatic carbocycles. The van der Waals surface area contributed by atoms with Crippen molar-refractivity contribution in [3.05, 3.63) is 65.9 Å². The molecule has 0 aliphatic rings. The van der Waals surface area contributed by atoms with Gasteiger partial charge in [-0.25, -0.2) is 4.98 Å². The highest BCUT2D eigenvalue weighted by atomic mass is 16.5. The Balaban J connectivity index is 1.94. The lowest BCUT2D eigenvalue weighted by Gasteiger charge is -2.08. The Morgan fingerprint density at radius 1 is 1.00 bits per heavy atom. The maximum Gasteiger partial charge on any atom is 0.219 e. The summed E-state index contributed by atoms with van der Waals surface area (Å²) in [6, 6.07) is 17.6. The SMILES string of the molecule is Cc1cc(CO)cc(Oc2ccc3ccccc3c2)n1. The van der Waals surface area contributed by atoms with Gasteiger partial charge >= 0.3 is 0 Å². The van der Waals surface area contributed by atoms with Crippen LogP contribution in [0.2, 0.25) is 0 Å². The number of rotatable bonds is 3. The molecule has 1 heterocycles. The van der Waals surface area contributed by atoms with Gasteiger partial charge in [-0.05, 0) is 41.5 Å². The molecule has 0 atom stereocenters. The van der Waals surface area contributed by atoms with Crippen LogP contribution in [0.1, 0.15) is 11.3 Å². The average molecular weight is 265 g/mol. The second kappa shape index (κ2) is 5.31. The molecule has 3 heteroatoms. The van der Waals surface area contributed by atoms with Crippen LogP contribution in [0.5, 0.6) is 11.6 Å². The third kappa shape index (κ3) is 2.63. The molecule has 0 saturated carbocycles. The molecule has 0 amide bonds. The van der Waals surface area contributed by atoms with Crippen molar-refractivity contribution >= 4 is 10.8 Å². The number of ether oxygens (including phenoxy) is 1. The minimum atomic E-state index is -0.0164. The highest BCUT2D eigenvalue weighted by Crippen LogP contribution is 2.25. The predicted molar refractivity (Wildman–Crippen MR) is 78.9 cm³/mol. The van der Waals surface area contributed by atoms with Gasteiger partial charge in [0.1, 0.15) is 5.75 Å². The zero-order valence-corrected chi connectivity index (χ0v) is 11.2. The number of hydrogen-bond donors (Lipinski definition) is 1. The molecule has 0 bridgehead atoms. The topological polar surface area (TPSA) is 42.4 Å². The molecule has 20 heavy (non-hydrogen) atoms. The van der Waals surface area contributed by atoms with Gasteiger partial charge in [0, 0.05) is 11.8 Å². The van der Waals surface area contributed by atoms with Gasteiger partial charge in [-0.15, -0.1) is 0 Å². The van der Waals surface area contributed by atoms with Crippen LogP contribution >= 0.6 is 0 Å². The van der Waals surface area contributed by atoms with E-state index in [2.05, 4.69) is 11.1 Å². The highest BCUT2D eigenvalue weighted by Gasteiger charge is 2.03. The minimum absolute atomic E-state index is 0.0164. The fourth-order valence-electron chi connectivity index (χ4n) is 2.20. The first-order chi connectivity index (χ1) is 9.74. The molecule has 3 rings (SSSR count). The molecule has 1 N–H and O–H groups in total. The lowest BCUT2D eigenvalue weighted by Crippen LogP contribution is -1.93. The molecular weight excluding hydrogens is 250 g/mol. The largest absolute Gasteiger partial charge is 0.439 e. The minimum Gasteiger partial charge on any atom is -0.439 e. The van der Waals surface area contributed by atoms with Gasteiger partial charge in [-0.3, -0.25) is 0 Å². The van der Waals surface area contributed by atoms with Crippen LogP contribution in [0.3, 0.4) is 0 Å². The zero-order valence-electron chi connectivity index (χ0n) is 11.2. The highest BCUT2D eigenvalue weighted by molar-refractivity contribution is 5.83. The Morgan fingerprint density at radius 2 is 1.80 bits per heavy atom. The Morgan fingerprint density at radius 3 is 2.60 bits per heavy atom. The van der Waals surface area contributed by atoms with Crippen molar-refractivity contribution in [2.24, 2.45) is 0 Å². The molecular formula is C17H15NO2. The van der Waals surface area contributed by atoms with Crippen molar-refractivity contribution in [3.63, 3.8) is 0 Å². The van der Waals surface area contributed by atoms with Crippen LogP contribution in [-0.4, -0.2) is 10.1 Å². The van der Waals surface area contributed by atoms with Crippen molar-refractivity contribution in [1.29, 1.82) is 0 Å². The van der Waals surface area contributed by atoms with Crippen LogP contribution in [0.4, 0.5) is 0 Å².